The molecule has 13 heteroatoms. The third-order valence-electron chi connectivity index (χ3n) is 5.52. The number of alkyl halides is 3. The number of carbonyl (C=O) groups excluding carboxylic acids is 1. The number of hydrogen-bond donors (Lipinski definition) is 2. The Labute approximate surface area is 195 Å². The van der Waals surface area contributed by atoms with Gasteiger partial charge in [0.15, 0.2) is 5.69 Å². The molecule has 0 fully saturated rings. The number of amides is 1. The van der Waals surface area contributed by atoms with Gasteiger partial charge in [-0.25, -0.2) is 4.98 Å². The fraction of sp³-hybridized carbons (Fsp3) is 0.400. The van der Waals surface area contributed by atoms with E-state index in [1.54, 1.807) is 17.1 Å². The normalized spacial score (nSPS) is 15.7. The largest absolute Gasteiger partial charge is 0.435 e. The summed E-state index contributed by atoms with van der Waals surface area (Å²) in [6.07, 6.45) is -1.08. The smallest absolute Gasteiger partial charge is 0.366 e. The lowest BCUT2D eigenvalue weighted by Crippen LogP contribution is -2.44. The highest BCUT2D eigenvalue weighted by Crippen LogP contribution is 2.35. The molecule has 3 aromatic heterocycles. The lowest BCUT2D eigenvalue weighted by molar-refractivity contribution is -0.141. The highest BCUT2D eigenvalue weighted by Gasteiger charge is 2.34. The van der Waals surface area contributed by atoms with Crippen molar-refractivity contribution in [2.24, 2.45) is 7.05 Å². The van der Waals surface area contributed by atoms with Crippen LogP contribution in [0, 0.1) is 6.92 Å². The van der Waals surface area contributed by atoms with Crippen molar-refractivity contribution in [2.75, 3.05) is 22.6 Å². The van der Waals surface area contributed by atoms with E-state index in [-0.39, 0.29) is 32.0 Å². The molecule has 2 N–H and O–H groups in total. The number of pyridine rings is 1. The van der Waals surface area contributed by atoms with E-state index in [2.05, 4.69) is 25.8 Å². The molecule has 0 radical (unpaired) electrons. The topological polar surface area (TPSA) is 92.9 Å². The summed E-state index contributed by atoms with van der Waals surface area (Å²) in [6, 6.07) is 2.60. The Balaban J connectivity index is 0.00000306. The van der Waals surface area contributed by atoms with Crippen molar-refractivity contribution >= 4 is 36.6 Å². The van der Waals surface area contributed by atoms with Crippen LogP contribution in [0.1, 0.15) is 29.6 Å². The second-order valence-electron chi connectivity index (χ2n) is 7.81. The molecule has 3 aromatic rings. The fourth-order valence-electron chi connectivity index (χ4n) is 3.53. The summed E-state index contributed by atoms with van der Waals surface area (Å²) in [5.74, 6) is 0.569. The van der Waals surface area contributed by atoms with Gasteiger partial charge in [-0.2, -0.15) is 36.9 Å². The molecule has 178 valence electrons. The van der Waals surface area contributed by atoms with Crippen LogP contribution >= 0.6 is 13.5 Å². The number of likely N-dealkylation sites (N-methyl/N-ethyl adjacent to an activating group) is 1. The van der Waals surface area contributed by atoms with Gasteiger partial charge >= 0.3 is 6.18 Å². The zero-order chi connectivity index (χ0) is 23.2. The van der Waals surface area contributed by atoms with Gasteiger partial charge in [0.2, 0.25) is 5.91 Å². The highest BCUT2D eigenvalue weighted by molar-refractivity contribution is 7.59. The van der Waals surface area contributed by atoms with E-state index in [1.807, 2.05) is 31.9 Å². The number of halogens is 3. The Morgan fingerprint density at radius 3 is 2.64 bits per heavy atom. The minimum absolute atomic E-state index is 0. The molecule has 1 aliphatic heterocycles. The molecule has 0 spiro atoms. The number of nitrogens with zero attached hydrogens (tertiary/aromatic N) is 6. The number of hydrogen-bond acceptors (Lipinski definition) is 6. The predicted octanol–water partition coefficient (Wildman–Crippen LogP) is 2.89. The maximum absolute atomic E-state index is 12.8. The lowest BCUT2D eigenvalue weighted by Gasteiger charge is -2.34. The first-order valence-corrected chi connectivity index (χ1v) is 9.93. The molecule has 0 unspecified atom stereocenters. The first-order valence-electron chi connectivity index (χ1n) is 9.93. The number of anilines is 3. The first-order chi connectivity index (χ1) is 15.0. The third-order valence-corrected chi connectivity index (χ3v) is 5.52. The third kappa shape index (κ3) is 4.92. The highest BCUT2D eigenvalue weighted by atomic mass is 32.1. The molecule has 1 atom stereocenters. The second kappa shape index (κ2) is 8.96. The summed E-state index contributed by atoms with van der Waals surface area (Å²) in [5.41, 5.74) is 2.59. The van der Waals surface area contributed by atoms with E-state index in [9.17, 15) is 18.0 Å². The van der Waals surface area contributed by atoms with E-state index in [0.717, 1.165) is 17.3 Å². The van der Waals surface area contributed by atoms with Crippen LogP contribution in [-0.4, -0.2) is 43.5 Å². The Bertz CT molecular complexity index is 1170. The summed E-state index contributed by atoms with van der Waals surface area (Å²) in [4.78, 5) is 18.5. The van der Waals surface area contributed by atoms with Gasteiger partial charge in [0.05, 0.1) is 35.5 Å². The van der Waals surface area contributed by atoms with Crippen molar-refractivity contribution in [3.63, 3.8) is 0 Å². The quantitative estimate of drug-likeness (QED) is 0.581. The van der Waals surface area contributed by atoms with Gasteiger partial charge in [-0.3, -0.25) is 14.2 Å². The summed E-state index contributed by atoms with van der Waals surface area (Å²) in [5, 5.41) is 13.9. The van der Waals surface area contributed by atoms with Gasteiger partial charge in [-0.1, -0.05) is 0 Å². The van der Waals surface area contributed by atoms with E-state index in [1.165, 1.54) is 11.7 Å². The van der Waals surface area contributed by atoms with Crippen LogP contribution in [-0.2, 0) is 31.1 Å². The first kappa shape index (κ1) is 24.4. The molecule has 0 saturated heterocycles. The molecule has 1 aliphatic rings. The summed E-state index contributed by atoms with van der Waals surface area (Å²) >= 11 is 0. The summed E-state index contributed by atoms with van der Waals surface area (Å²) in [7, 11) is 3.33. The number of aryl methyl sites for hydroxylation is 2. The maximum atomic E-state index is 12.8. The zero-order valence-corrected chi connectivity index (χ0v) is 19.5. The molecular formula is C20H25F3N8OS. The number of carbonyl (C=O) groups is 1. The van der Waals surface area contributed by atoms with Gasteiger partial charge in [-0.15, -0.1) is 0 Å². The van der Waals surface area contributed by atoms with Gasteiger partial charge in [-0.05, 0) is 19.9 Å². The van der Waals surface area contributed by atoms with Crippen molar-refractivity contribution in [3.05, 3.63) is 47.2 Å². The standard InChI is InChI=1S/C20H23F3N8O.H2S/c1-11-18-15(29(3)12(2)19(32)27-18)6-17(26-11)24-7-13-8-25-31(9-13)10-14-5-16(20(21,22)23)28-30(14)4;/h5-6,8-9,12H,7,10H2,1-4H3,(H,24,26)(H,27,32);1H2/t12-;/m0./s1. The Kier molecular flexibility index (Phi) is 6.63. The Hall–Kier alpha value is -3.22. The van der Waals surface area contributed by atoms with E-state index in [4.69, 9.17) is 0 Å². The number of aromatic nitrogens is 5. The number of rotatable bonds is 5. The van der Waals surface area contributed by atoms with Crippen molar-refractivity contribution in [3.8, 4) is 0 Å². The Morgan fingerprint density at radius 1 is 1.24 bits per heavy atom. The van der Waals surface area contributed by atoms with Gasteiger partial charge in [0, 0.05) is 38.5 Å². The lowest BCUT2D eigenvalue weighted by atomic mass is 10.1. The molecule has 0 saturated carbocycles. The van der Waals surface area contributed by atoms with E-state index in [0.29, 0.717) is 29.4 Å². The van der Waals surface area contributed by atoms with Gasteiger partial charge in [0.25, 0.3) is 0 Å². The van der Waals surface area contributed by atoms with Crippen molar-refractivity contribution < 1.29 is 18.0 Å². The van der Waals surface area contributed by atoms with Crippen molar-refractivity contribution in [1.29, 1.82) is 0 Å². The second-order valence-corrected chi connectivity index (χ2v) is 7.81. The van der Waals surface area contributed by atoms with Crippen LogP contribution in [0.4, 0.5) is 30.4 Å². The van der Waals surface area contributed by atoms with E-state index >= 15 is 0 Å². The minimum atomic E-state index is -4.48. The van der Waals surface area contributed by atoms with Crippen LogP contribution in [0.5, 0.6) is 0 Å². The molecule has 9 nitrogen and oxygen atoms in total. The zero-order valence-electron chi connectivity index (χ0n) is 18.5. The molecule has 0 aliphatic carbocycles. The van der Waals surface area contributed by atoms with Crippen LogP contribution < -0.4 is 15.5 Å². The van der Waals surface area contributed by atoms with Crippen molar-refractivity contribution in [2.45, 2.75) is 39.2 Å². The van der Waals surface area contributed by atoms with Gasteiger partial charge < -0.3 is 15.5 Å². The van der Waals surface area contributed by atoms with Crippen LogP contribution in [0.15, 0.2) is 24.5 Å². The molecule has 33 heavy (non-hydrogen) atoms. The maximum Gasteiger partial charge on any atom is 0.435 e. The van der Waals surface area contributed by atoms with Crippen LogP contribution in [0.25, 0.3) is 0 Å². The van der Waals surface area contributed by atoms with Gasteiger partial charge in [0.1, 0.15) is 11.9 Å². The molecule has 0 bridgehead atoms. The predicted molar refractivity (Wildman–Crippen MR) is 123 cm³/mol. The Morgan fingerprint density at radius 2 is 1.97 bits per heavy atom. The molecule has 1 amide bonds. The number of nitrogens with one attached hydrogen (secondary N) is 2. The van der Waals surface area contributed by atoms with Crippen LogP contribution in [0.2, 0.25) is 0 Å². The molecule has 4 rings (SSSR count). The molecule has 4 heterocycles. The van der Waals surface area contributed by atoms with E-state index < -0.39 is 11.9 Å². The van der Waals surface area contributed by atoms with Crippen molar-refractivity contribution in [1.82, 2.24) is 24.5 Å². The molecule has 0 aromatic carbocycles. The minimum Gasteiger partial charge on any atom is -0.366 e. The number of fused-ring (bicyclic) bond motifs is 1. The fourth-order valence-corrected chi connectivity index (χ4v) is 3.53. The van der Waals surface area contributed by atoms with Crippen LogP contribution in [0.3, 0.4) is 0 Å². The summed E-state index contributed by atoms with van der Waals surface area (Å²) < 4.78 is 41.3. The monoisotopic (exact) mass is 482 g/mol. The SMILES string of the molecule is Cc1nc(NCc2cnn(Cc3cc(C(F)(F)F)nn3C)c2)cc2c1NC(=O)[C@H](C)N2C.S. The average Bonchev–Trinajstić information content (AvgIpc) is 3.32. The summed E-state index contributed by atoms with van der Waals surface area (Å²) in [6.45, 7) is 4.25. The average molecular weight is 483 g/mol. The molecular weight excluding hydrogens is 457 g/mol.